The van der Waals surface area contributed by atoms with Gasteiger partial charge in [0.15, 0.2) is 0 Å². The maximum absolute atomic E-state index is 13.6. The van der Waals surface area contributed by atoms with E-state index in [0.717, 1.165) is 0 Å². The van der Waals surface area contributed by atoms with Crippen LogP contribution in [0.2, 0.25) is 0 Å². The second-order valence-corrected chi connectivity index (χ2v) is 11.2. The molecule has 0 saturated carbocycles. The number of nitrogens with zero attached hydrogens (tertiary/aromatic N) is 5. The van der Waals surface area contributed by atoms with Crippen LogP contribution < -0.4 is 11.2 Å². The summed E-state index contributed by atoms with van der Waals surface area (Å²) in [5, 5.41) is 3.73. The van der Waals surface area contributed by atoms with Gasteiger partial charge in [0.1, 0.15) is 25.0 Å². The Hall–Kier alpha value is -2.47. The van der Waals surface area contributed by atoms with Crippen molar-refractivity contribution in [3.8, 4) is 0 Å². The van der Waals surface area contributed by atoms with Gasteiger partial charge in [-0.3, -0.25) is 28.2 Å². The van der Waals surface area contributed by atoms with Gasteiger partial charge in [0, 0.05) is 29.6 Å². The molecule has 2 aliphatic rings. The van der Waals surface area contributed by atoms with Crippen LogP contribution in [0.5, 0.6) is 0 Å². The number of azide groups is 1. The molecule has 1 N–H and O–H groups in total. The Morgan fingerprint density at radius 3 is 2.58 bits per heavy atom. The fourth-order valence-electron chi connectivity index (χ4n) is 4.25. The van der Waals surface area contributed by atoms with E-state index in [-0.39, 0.29) is 25.2 Å². The average molecular weight is 529 g/mol. The molecule has 0 aliphatic carbocycles. The number of aromatic amines is 1. The lowest BCUT2D eigenvalue weighted by atomic mass is 10.1. The van der Waals surface area contributed by atoms with E-state index in [4.69, 9.17) is 24.1 Å². The Kier molecular flexibility index (Phi) is 9.15. The van der Waals surface area contributed by atoms with Crippen LogP contribution in [0.1, 0.15) is 58.7 Å². The number of hydrogen-bond donors (Lipinski definition) is 1. The van der Waals surface area contributed by atoms with Gasteiger partial charge in [-0.05, 0) is 53.0 Å². The molecular weight excluding hydrogens is 495 g/mol. The van der Waals surface area contributed by atoms with E-state index in [1.807, 2.05) is 0 Å². The summed E-state index contributed by atoms with van der Waals surface area (Å²) in [5.41, 5.74) is 8.11. The topological polar surface area (TPSA) is 178 Å². The van der Waals surface area contributed by atoms with Gasteiger partial charge >= 0.3 is 19.4 Å². The highest BCUT2D eigenvalue weighted by Crippen LogP contribution is 2.57. The third kappa shape index (κ3) is 6.44. The van der Waals surface area contributed by atoms with Gasteiger partial charge in [0.25, 0.3) is 5.56 Å². The van der Waals surface area contributed by atoms with Crippen LogP contribution in [0, 0.1) is 6.92 Å². The Labute approximate surface area is 208 Å². The molecule has 1 aromatic heterocycles. The summed E-state index contributed by atoms with van der Waals surface area (Å²) in [6.45, 7) is 8.58. The van der Waals surface area contributed by atoms with Crippen LogP contribution in [0.3, 0.4) is 0 Å². The molecule has 14 nitrogen and oxygen atoms in total. The molecule has 3 heterocycles. The Bertz CT molecular complexity index is 1150. The fraction of sp³-hybridized carbons (Fsp3) is 0.762. The predicted molar refractivity (Wildman–Crippen MR) is 128 cm³/mol. The molecule has 1 aromatic rings. The van der Waals surface area contributed by atoms with Gasteiger partial charge in [-0.1, -0.05) is 5.11 Å². The Balaban J connectivity index is 1.72. The molecule has 2 saturated heterocycles. The smallest absolute Gasteiger partial charge is 0.409 e. The lowest BCUT2D eigenvalue weighted by molar-refractivity contribution is -0.153. The van der Waals surface area contributed by atoms with Crippen molar-refractivity contribution >= 4 is 13.7 Å². The molecule has 0 unspecified atom stereocenters. The maximum Gasteiger partial charge on any atom is 0.409 e. The normalized spacial score (nSPS) is 24.9. The zero-order chi connectivity index (χ0) is 26.6. The highest BCUT2D eigenvalue weighted by Gasteiger charge is 2.47. The van der Waals surface area contributed by atoms with Crippen molar-refractivity contribution in [2.75, 3.05) is 13.2 Å². The lowest BCUT2D eigenvalue weighted by Gasteiger charge is -2.32. The molecule has 0 radical (unpaired) electrons. The summed E-state index contributed by atoms with van der Waals surface area (Å²) in [7, 11) is -3.76. The number of H-pyrrole nitrogens is 1. The third-order valence-electron chi connectivity index (χ3n) is 5.75. The quantitative estimate of drug-likeness (QED) is 0.157. The SMILES string of the molecule is Cc1cn([C@H]2C[C@H](N=[N+]=[N-])[C@@H](COC(=O)[C@@H]3CCCN3P(=O)(OC(C)C)OC(C)C)O2)c(=O)[nH]c1=O. The third-order valence-corrected chi connectivity index (χ3v) is 8.23. The molecule has 0 amide bonds. The minimum Gasteiger partial charge on any atom is -0.462 e. The fourth-order valence-corrected chi connectivity index (χ4v) is 6.54. The molecule has 3 rings (SSSR count). The highest BCUT2D eigenvalue weighted by molar-refractivity contribution is 7.51. The molecule has 0 spiro atoms. The number of ether oxygens (including phenoxy) is 2. The van der Waals surface area contributed by atoms with Crippen LogP contribution in [0.4, 0.5) is 0 Å². The number of rotatable bonds is 10. The highest BCUT2D eigenvalue weighted by atomic mass is 31.2. The van der Waals surface area contributed by atoms with Gasteiger partial charge in [-0.2, -0.15) is 4.67 Å². The average Bonchev–Trinajstić information content (AvgIpc) is 3.42. The van der Waals surface area contributed by atoms with Gasteiger partial charge < -0.3 is 9.47 Å². The van der Waals surface area contributed by atoms with Crippen molar-refractivity contribution in [3.05, 3.63) is 43.0 Å². The lowest BCUT2D eigenvalue weighted by Crippen LogP contribution is -2.39. The number of nitrogens with one attached hydrogen (secondary N) is 1. The minimum atomic E-state index is -3.76. The van der Waals surface area contributed by atoms with Crippen molar-refractivity contribution in [1.29, 1.82) is 0 Å². The van der Waals surface area contributed by atoms with E-state index < -0.39 is 49.4 Å². The summed E-state index contributed by atoms with van der Waals surface area (Å²) < 4.78 is 38.9. The van der Waals surface area contributed by atoms with Crippen molar-refractivity contribution in [2.45, 2.75) is 90.5 Å². The van der Waals surface area contributed by atoms with Crippen LogP contribution in [0.15, 0.2) is 20.9 Å². The zero-order valence-electron chi connectivity index (χ0n) is 21.0. The second-order valence-electron chi connectivity index (χ2n) is 9.34. The number of carbonyl (C=O) groups excluding carboxylic acids is 1. The summed E-state index contributed by atoms with van der Waals surface area (Å²) >= 11 is 0. The first-order valence-electron chi connectivity index (χ1n) is 11.9. The number of aromatic nitrogens is 2. The van der Waals surface area contributed by atoms with Crippen molar-refractivity contribution in [1.82, 2.24) is 14.2 Å². The first-order chi connectivity index (χ1) is 16.9. The second kappa shape index (κ2) is 11.7. The summed E-state index contributed by atoms with van der Waals surface area (Å²) in [5.74, 6) is -0.628. The number of carbonyl (C=O) groups is 1. The molecule has 2 aliphatic heterocycles. The minimum absolute atomic E-state index is 0.146. The summed E-state index contributed by atoms with van der Waals surface area (Å²) in [6, 6.07) is -1.56. The van der Waals surface area contributed by atoms with Crippen molar-refractivity contribution < 1.29 is 27.9 Å². The van der Waals surface area contributed by atoms with E-state index in [2.05, 4.69) is 15.0 Å². The van der Waals surface area contributed by atoms with Crippen LogP contribution in [0.25, 0.3) is 10.4 Å². The first kappa shape index (κ1) is 28.1. The Morgan fingerprint density at radius 2 is 1.97 bits per heavy atom. The molecule has 4 atom stereocenters. The standard InChI is InChI=1S/C21H33N6O8P/c1-12(2)34-36(31,35-13(3)4)27-8-6-7-16(27)20(29)32-11-17-15(24-25-22)9-18(33-17)26-10-14(5)19(28)23-21(26)30/h10,12-13,15-18H,6-9,11H2,1-5H3,(H,23,28,30)/t15-,16-,17+,18+/m0/s1. The number of hydrogen-bond acceptors (Lipinski definition) is 9. The van der Waals surface area contributed by atoms with E-state index in [0.29, 0.717) is 24.9 Å². The summed E-state index contributed by atoms with van der Waals surface area (Å²) in [6.07, 6.45) is 0.0951. The van der Waals surface area contributed by atoms with E-state index in [1.165, 1.54) is 15.4 Å². The van der Waals surface area contributed by atoms with Crippen LogP contribution in [-0.4, -0.2) is 63.7 Å². The van der Waals surface area contributed by atoms with Gasteiger partial charge in [0.05, 0.1) is 18.2 Å². The molecule has 0 bridgehead atoms. The summed E-state index contributed by atoms with van der Waals surface area (Å²) in [4.78, 5) is 42.0. The molecule has 200 valence electrons. The molecule has 0 aromatic carbocycles. The van der Waals surface area contributed by atoms with Gasteiger partial charge in [-0.25, -0.2) is 9.36 Å². The predicted octanol–water partition coefficient (Wildman–Crippen LogP) is 2.78. The molecular formula is C21H33N6O8P. The first-order valence-corrected chi connectivity index (χ1v) is 13.4. The number of aryl methyl sites for hydroxylation is 1. The Morgan fingerprint density at radius 1 is 1.31 bits per heavy atom. The van der Waals surface area contributed by atoms with E-state index in [9.17, 15) is 18.9 Å². The molecule has 15 heteroatoms. The monoisotopic (exact) mass is 528 g/mol. The van der Waals surface area contributed by atoms with Crippen LogP contribution in [-0.2, 0) is 27.9 Å². The largest absolute Gasteiger partial charge is 0.462 e. The molecule has 2 fully saturated rings. The van der Waals surface area contributed by atoms with Gasteiger partial charge in [-0.15, -0.1) is 0 Å². The van der Waals surface area contributed by atoms with Crippen LogP contribution >= 0.6 is 7.75 Å². The van der Waals surface area contributed by atoms with Gasteiger partial charge in [0.2, 0.25) is 0 Å². The van der Waals surface area contributed by atoms with Crippen molar-refractivity contribution in [2.24, 2.45) is 5.11 Å². The van der Waals surface area contributed by atoms with Crippen molar-refractivity contribution in [3.63, 3.8) is 0 Å². The number of esters is 1. The molecule has 36 heavy (non-hydrogen) atoms. The van der Waals surface area contributed by atoms with E-state index >= 15 is 0 Å². The van der Waals surface area contributed by atoms with E-state index in [1.54, 1.807) is 34.6 Å². The zero-order valence-corrected chi connectivity index (χ0v) is 21.9. The maximum atomic E-state index is 13.6.